The van der Waals surface area contributed by atoms with Crippen LogP contribution in [0.2, 0.25) is 0 Å². The third-order valence-electron chi connectivity index (χ3n) is 10.8. The Balaban J connectivity index is 1.18. The first-order valence-electron chi connectivity index (χ1n) is 15.9. The zero-order valence-corrected chi connectivity index (χ0v) is 24.7. The van der Waals surface area contributed by atoms with Gasteiger partial charge in [0.05, 0.1) is 11.1 Å². The van der Waals surface area contributed by atoms with Gasteiger partial charge in [-0.15, -0.1) is 0 Å². The Bertz CT molecular complexity index is 1650. The molecule has 0 radical (unpaired) electrons. The third kappa shape index (κ3) is 4.48. The zero-order valence-electron chi connectivity index (χ0n) is 24.7. The van der Waals surface area contributed by atoms with Gasteiger partial charge in [-0.3, -0.25) is 9.69 Å². The van der Waals surface area contributed by atoms with E-state index in [-0.39, 0.29) is 24.0 Å². The molecule has 2 aromatic carbocycles. The predicted molar refractivity (Wildman–Crippen MR) is 167 cm³/mol. The number of piperazine rings is 1. The molecule has 5 aliphatic rings. The van der Waals surface area contributed by atoms with Crippen LogP contribution in [-0.2, 0) is 11.2 Å². The number of rotatable bonds is 7. The van der Waals surface area contributed by atoms with Crippen molar-refractivity contribution < 1.29 is 9.53 Å². The summed E-state index contributed by atoms with van der Waals surface area (Å²) in [6, 6.07) is 13.5. The lowest BCUT2D eigenvalue weighted by atomic mass is 9.94. The van der Waals surface area contributed by atoms with Crippen molar-refractivity contribution in [3.63, 3.8) is 0 Å². The van der Waals surface area contributed by atoms with Crippen molar-refractivity contribution in [2.24, 2.45) is 5.92 Å². The second-order valence-corrected chi connectivity index (χ2v) is 13.1. The summed E-state index contributed by atoms with van der Waals surface area (Å²) in [6.07, 6.45) is 8.63. The van der Waals surface area contributed by atoms with Crippen LogP contribution in [-0.4, -0.2) is 83.1 Å². The standard InChI is InChI=1S/C35H38N6O2/c1-3-31(42)41-16-15-39(21-26(41)20-36-2)33-28-10-9-23(27-8-4-7-24-17-25-18-29(25)32(24)27)19-30(28)37-34(38-33)43-22-35-11-5-13-40(35)14-6-12-35/h3-4,7-10,19,25-26,29H,1,5-6,11-18,20-22H2/t25-,26-,29+/m0/s1. The molecule has 1 aromatic heterocycles. The number of anilines is 1. The fraction of sp³-hybridized carbons (Fsp3) is 0.486. The van der Waals surface area contributed by atoms with Crippen molar-refractivity contribution in [1.82, 2.24) is 19.8 Å². The number of amides is 1. The average molecular weight is 575 g/mol. The van der Waals surface area contributed by atoms with Crippen molar-refractivity contribution in [1.29, 1.82) is 0 Å². The van der Waals surface area contributed by atoms with E-state index in [1.54, 1.807) is 4.90 Å². The highest BCUT2D eigenvalue weighted by Crippen LogP contribution is 2.58. The summed E-state index contributed by atoms with van der Waals surface area (Å²) >= 11 is 0. The van der Waals surface area contributed by atoms with Crippen molar-refractivity contribution in [3.8, 4) is 17.1 Å². The first-order chi connectivity index (χ1) is 21.1. The molecule has 3 saturated heterocycles. The summed E-state index contributed by atoms with van der Waals surface area (Å²) in [5.41, 5.74) is 6.52. The minimum Gasteiger partial charge on any atom is -0.461 e. The highest BCUT2D eigenvalue weighted by molar-refractivity contribution is 5.94. The number of benzene rings is 2. The molecule has 0 N–H and O–H groups in total. The molecule has 2 aliphatic carbocycles. The van der Waals surface area contributed by atoms with Crippen LogP contribution in [0.3, 0.4) is 0 Å². The van der Waals surface area contributed by atoms with Crippen molar-refractivity contribution in [3.05, 3.63) is 71.6 Å². The molecule has 3 aliphatic heterocycles. The van der Waals surface area contributed by atoms with E-state index in [2.05, 4.69) is 57.6 Å². The van der Waals surface area contributed by atoms with E-state index in [4.69, 9.17) is 21.3 Å². The van der Waals surface area contributed by atoms with E-state index in [0.717, 1.165) is 48.6 Å². The van der Waals surface area contributed by atoms with Gasteiger partial charge in [-0.1, -0.05) is 30.8 Å². The Morgan fingerprint density at radius 2 is 2.00 bits per heavy atom. The first-order valence-corrected chi connectivity index (χ1v) is 15.9. The molecule has 3 aromatic rings. The van der Waals surface area contributed by atoms with Crippen LogP contribution < -0.4 is 9.64 Å². The van der Waals surface area contributed by atoms with Gasteiger partial charge in [0.2, 0.25) is 12.5 Å². The van der Waals surface area contributed by atoms with Crippen molar-refractivity contribution in [2.45, 2.75) is 56.0 Å². The zero-order chi connectivity index (χ0) is 29.1. The molecule has 8 heteroatoms. The molecule has 1 amide bonds. The van der Waals surface area contributed by atoms with Gasteiger partial charge in [-0.2, -0.15) is 9.97 Å². The summed E-state index contributed by atoms with van der Waals surface area (Å²) in [5.74, 6) is 2.22. The molecular weight excluding hydrogens is 536 g/mol. The van der Waals surface area contributed by atoms with Crippen LogP contribution in [0.4, 0.5) is 5.82 Å². The normalized spacial score (nSPS) is 25.2. The summed E-state index contributed by atoms with van der Waals surface area (Å²) in [6.45, 7) is 16.0. The maximum Gasteiger partial charge on any atom is 0.319 e. The van der Waals surface area contributed by atoms with Gasteiger partial charge >= 0.3 is 6.01 Å². The number of ether oxygens (including phenoxy) is 1. The minimum atomic E-state index is -0.228. The Labute approximate surface area is 253 Å². The predicted octanol–water partition coefficient (Wildman–Crippen LogP) is 5.09. The number of fused-ring (bicyclic) bond motifs is 5. The van der Waals surface area contributed by atoms with E-state index in [0.29, 0.717) is 38.2 Å². The molecule has 43 heavy (non-hydrogen) atoms. The van der Waals surface area contributed by atoms with E-state index in [9.17, 15) is 4.79 Å². The molecule has 4 fully saturated rings. The van der Waals surface area contributed by atoms with E-state index < -0.39 is 0 Å². The van der Waals surface area contributed by atoms with Gasteiger partial charge in [0.1, 0.15) is 18.5 Å². The lowest BCUT2D eigenvalue weighted by Crippen LogP contribution is -2.56. The number of nitrogens with zero attached hydrogens (tertiary/aromatic N) is 6. The largest absolute Gasteiger partial charge is 0.461 e. The van der Waals surface area contributed by atoms with E-state index >= 15 is 0 Å². The second-order valence-electron chi connectivity index (χ2n) is 13.1. The Morgan fingerprint density at radius 1 is 1.14 bits per heavy atom. The Kier molecular flexibility index (Phi) is 6.41. The molecule has 8 nitrogen and oxygen atoms in total. The fourth-order valence-corrected chi connectivity index (χ4v) is 8.53. The number of carbonyl (C=O) groups excluding carboxylic acids is 1. The summed E-state index contributed by atoms with van der Waals surface area (Å²) < 4.78 is 6.51. The van der Waals surface area contributed by atoms with Gasteiger partial charge in [-0.25, -0.2) is 6.57 Å². The van der Waals surface area contributed by atoms with E-state index in [1.807, 2.05) is 0 Å². The molecule has 0 unspecified atom stereocenters. The van der Waals surface area contributed by atoms with Gasteiger partial charge in [0.25, 0.3) is 0 Å². The maximum absolute atomic E-state index is 12.6. The molecule has 0 spiro atoms. The van der Waals surface area contributed by atoms with Crippen molar-refractivity contribution in [2.75, 3.05) is 50.8 Å². The number of carbonyl (C=O) groups is 1. The highest BCUT2D eigenvalue weighted by Gasteiger charge is 2.46. The molecule has 220 valence electrons. The summed E-state index contributed by atoms with van der Waals surface area (Å²) in [5, 5.41) is 0.972. The minimum absolute atomic E-state index is 0.100. The number of hydrogen-bond acceptors (Lipinski definition) is 6. The summed E-state index contributed by atoms with van der Waals surface area (Å²) in [7, 11) is 0. The molecule has 0 bridgehead atoms. The monoisotopic (exact) mass is 574 g/mol. The van der Waals surface area contributed by atoms with Gasteiger partial charge in [0, 0.05) is 25.0 Å². The smallest absolute Gasteiger partial charge is 0.319 e. The van der Waals surface area contributed by atoms with Gasteiger partial charge < -0.3 is 19.4 Å². The quantitative estimate of drug-likeness (QED) is 0.290. The van der Waals surface area contributed by atoms with Crippen LogP contribution in [0.15, 0.2) is 49.1 Å². The van der Waals surface area contributed by atoms with Crippen molar-refractivity contribution >= 4 is 22.6 Å². The van der Waals surface area contributed by atoms with Gasteiger partial charge in [0.15, 0.2) is 0 Å². The lowest BCUT2D eigenvalue weighted by molar-refractivity contribution is -0.128. The SMILES string of the molecule is [C-]#[N+]C[C@H]1CN(c2nc(OCC34CCCN3CCC4)nc3cc(-c4cccc5c4[C@@H]4C[C@@H]4C5)ccc23)CCN1C(=O)C=C. The van der Waals surface area contributed by atoms with Crippen LogP contribution in [0.5, 0.6) is 6.01 Å². The van der Waals surface area contributed by atoms with E-state index in [1.165, 1.54) is 54.0 Å². The van der Waals surface area contributed by atoms with Crippen LogP contribution in [0.1, 0.15) is 49.1 Å². The lowest BCUT2D eigenvalue weighted by Gasteiger charge is -2.39. The first kappa shape index (κ1) is 26.7. The Hall–Kier alpha value is -3.96. The van der Waals surface area contributed by atoms with Crippen LogP contribution in [0.25, 0.3) is 26.9 Å². The molecule has 1 saturated carbocycles. The molecular formula is C35H38N6O2. The topological polar surface area (TPSA) is 66.2 Å². The average Bonchev–Trinajstić information content (AvgIpc) is 3.32. The number of aromatic nitrogens is 2. The summed E-state index contributed by atoms with van der Waals surface area (Å²) in [4.78, 5) is 32.9. The third-order valence-corrected chi connectivity index (χ3v) is 10.8. The molecule has 8 rings (SSSR count). The second kappa shape index (κ2) is 10.3. The van der Waals surface area contributed by atoms with Crippen LogP contribution in [0, 0.1) is 12.5 Å². The molecule has 4 heterocycles. The van der Waals surface area contributed by atoms with Crippen LogP contribution >= 0.6 is 0 Å². The maximum atomic E-state index is 12.6. The highest BCUT2D eigenvalue weighted by atomic mass is 16.5. The van der Waals surface area contributed by atoms with Gasteiger partial charge in [-0.05, 0) is 104 Å². The number of hydrogen-bond donors (Lipinski definition) is 0. The fourth-order valence-electron chi connectivity index (χ4n) is 8.53. The molecule has 3 atom stereocenters. The Morgan fingerprint density at radius 3 is 2.81 bits per heavy atom.